The maximum atomic E-state index is 12.7. The standard InChI is InChI=1S/C24H22Cl6N4O6/c25-23(26,27)21(31)40-20-17(33-34-32)19(37-12-15-9-5-2-6-10-15)18(39-22(35)24(28,29)30)16(38-20)13-36-11-14-7-3-1-4-8-14/h1-10,16-20,31H,11-13H2/t16-,17-,18-,19-,20?/m1/s1. The average molecular weight is 675 g/mol. The number of rotatable bonds is 10. The Labute approximate surface area is 259 Å². The van der Waals surface area contributed by atoms with Gasteiger partial charge in [-0.15, -0.1) is 0 Å². The highest BCUT2D eigenvalue weighted by Gasteiger charge is 2.52. The van der Waals surface area contributed by atoms with Crippen LogP contribution in [-0.4, -0.2) is 56.7 Å². The van der Waals surface area contributed by atoms with Crippen molar-refractivity contribution < 1.29 is 28.5 Å². The van der Waals surface area contributed by atoms with E-state index in [0.717, 1.165) is 11.1 Å². The van der Waals surface area contributed by atoms with Gasteiger partial charge in [-0.05, 0) is 16.7 Å². The van der Waals surface area contributed by atoms with Crippen molar-refractivity contribution in [2.75, 3.05) is 6.61 Å². The van der Waals surface area contributed by atoms with E-state index >= 15 is 0 Å². The SMILES string of the molecule is [N-]=[N+]=N[C@H]1C(OC(=N)C(Cl)(Cl)Cl)O[C@H](COCc2ccccc2)[C@@H](OC(=O)C(Cl)(Cl)Cl)[C@@H]1OCc1ccccc1. The van der Waals surface area contributed by atoms with Gasteiger partial charge < -0.3 is 23.7 Å². The first kappa shape index (κ1) is 32.8. The van der Waals surface area contributed by atoms with E-state index < -0.39 is 50.1 Å². The molecule has 1 fully saturated rings. The van der Waals surface area contributed by atoms with Crippen LogP contribution < -0.4 is 0 Å². The molecule has 1 aliphatic heterocycles. The fraction of sp³-hybridized carbons (Fsp3) is 0.417. The van der Waals surface area contributed by atoms with E-state index in [1.807, 2.05) is 36.4 Å². The maximum Gasteiger partial charge on any atom is 0.359 e. The summed E-state index contributed by atoms with van der Waals surface area (Å²) in [5.41, 5.74) is 10.9. The number of alkyl halides is 6. The highest BCUT2D eigenvalue weighted by Crippen LogP contribution is 2.36. The van der Waals surface area contributed by atoms with Gasteiger partial charge in [-0.2, -0.15) is 0 Å². The Kier molecular flexibility index (Phi) is 12.3. The zero-order chi connectivity index (χ0) is 29.3. The van der Waals surface area contributed by atoms with Crippen molar-refractivity contribution in [1.82, 2.24) is 0 Å². The lowest BCUT2D eigenvalue weighted by Gasteiger charge is -2.44. The summed E-state index contributed by atoms with van der Waals surface area (Å²) in [6, 6.07) is 16.8. The van der Waals surface area contributed by atoms with E-state index in [1.54, 1.807) is 24.3 Å². The van der Waals surface area contributed by atoms with Crippen LogP contribution in [0.1, 0.15) is 11.1 Å². The van der Waals surface area contributed by atoms with Crippen LogP contribution in [0.5, 0.6) is 0 Å². The van der Waals surface area contributed by atoms with Crippen molar-refractivity contribution in [1.29, 1.82) is 5.41 Å². The fourth-order valence-electron chi connectivity index (χ4n) is 3.65. The molecule has 216 valence electrons. The molecule has 1 heterocycles. The number of carbonyl (C=O) groups is 1. The number of benzene rings is 2. The Morgan fingerprint density at radius 2 is 1.48 bits per heavy atom. The Hall–Kier alpha value is -1.69. The zero-order valence-electron chi connectivity index (χ0n) is 20.3. The van der Waals surface area contributed by atoms with E-state index in [4.69, 9.17) is 98.7 Å². The van der Waals surface area contributed by atoms with Crippen LogP contribution >= 0.6 is 69.6 Å². The van der Waals surface area contributed by atoms with Crippen molar-refractivity contribution in [3.05, 3.63) is 82.2 Å². The predicted octanol–water partition coefficient (Wildman–Crippen LogP) is 6.84. The summed E-state index contributed by atoms with van der Waals surface area (Å²) in [7, 11) is 0. The molecule has 1 unspecified atom stereocenters. The van der Waals surface area contributed by atoms with Crippen molar-refractivity contribution in [3.63, 3.8) is 0 Å². The first-order valence-electron chi connectivity index (χ1n) is 11.5. The number of hydrogen-bond donors (Lipinski definition) is 1. The molecule has 0 aromatic heterocycles. The van der Waals surface area contributed by atoms with Gasteiger partial charge in [-0.25, -0.2) is 4.79 Å². The van der Waals surface area contributed by atoms with Gasteiger partial charge in [-0.1, -0.05) is 135 Å². The summed E-state index contributed by atoms with van der Waals surface area (Å²) in [5, 5.41) is 11.7. The molecule has 1 saturated heterocycles. The fourth-order valence-corrected chi connectivity index (χ4v) is 3.91. The second-order valence-electron chi connectivity index (χ2n) is 8.31. The molecule has 0 radical (unpaired) electrons. The molecule has 1 N–H and O–H groups in total. The molecule has 2 aromatic rings. The van der Waals surface area contributed by atoms with Crippen molar-refractivity contribution in [3.8, 4) is 0 Å². The van der Waals surface area contributed by atoms with Crippen LogP contribution in [0.4, 0.5) is 0 Å². The second kappa shape index (κ2) is 15.0. The van der Waals surface area contributed by atoms with Crippen molar-refractivity contribution in [2.45, 2.75) is 51.4 Å². The maximum absolute atomic E-state index is 12.7. The number of carbonyl (C=O) groups excluding carboxylic acids is 1. The normalized spacial score (nSPS) is 23.1. The van der Waals surface area contributed by atoms with E-state index in [1.165, 1.54) is 0 Å². The molecular formula is C24H22Cl6N4O6. The number of halogens is 6. The molecular weight excluding hydrogens is 653 g/mol. The van der Waals surface area contributed by atoms with Crippen LogP contribution in [0.25, 0.3) is 10.4 Å². The summed E-state index contributed by atoms with van der Waals surface area (Å²) >= 11 is 34.7. The molecule has 2 aromatic carbocycles. The lowest BCUT2D eigenvalue weighted by molar-refractivity contribution is -0.263. The highest BCUT2D eigenvalue weighted by atomic mass is 35.6. The monoisotopic (exact) mass is 672 g/mol. The van der Waals surface area contributed by atoms with Gasteiger partial charge in [0.25, 0.3) is 7.59 Å². The number of ether oxygens (including phenoxy) is 5. The second-order valence-corrected chi connectivity index (χ2v) is 12.9. The van der Waals surface area contributed by atoms with Crippen LogP contribution in [-0.2, 0) is 41.7 Å². The minimum absolute atomic E-state index is 0.0169. The Morgan fingerprint density at radius 1 is 0.900 bits per heavy atom. The molecule has 0 spiro atoms. The number of esters is 1. The number of nitrogens with zero attached hydrogens (tertiary/aromatic N) is 3. The summed E-state index contributed by atoms with van der Waals surface area (Å²) in [5.74, 6) is -2.05. The average Bonchev–Trinajstić information content (AvgIpc) is 2.90. The largest absolute Gasteiger partial charge is 0.454 e. The summed E-state index contributed by atoms with van der Waals surface area (Å²) in [4.78, 5) is 15.5. The van der Waals surface area contributed by atoms with Gasteiger partial charge in [0.1, 0.15) is 18.2 Å². The third-order valence-electron chi connectivity index (χ3n) is 5.44. The van der Waals surface area contributed by atoms with E-state index in [9.17, 15) is 10.3 Å². The first-order valence-corrected chi connectivity index (χ1v) is 13.7. The number of azide groups is 1. The summed E-state index contributed by atoms with van der Waals surface area (Å²) < 4.78 is 24.2. The topological polar surface area (TPSA) is 136 Å². The summed E-state index contributed by atoms with van der Waals surface area (Å²) in [6.07, 6.45) is -5.24. The van der Waals surface area contributed by atoms with Crippen LogP contribution in [0.2, 0.25) is 0 Å². The van der Waals surface area contributed by atoms with Gasteiger partial charge in [0.05, 0.1) is 19.8 Å². The zero-order valence-corrected chi connectivity index (χ0v) is 24.9. The number of nitrogens with one attached hydrogen (secondary N) is 1. The molecule has 10 nitrogen and oxygen atoms in total. The smallest absolute Gasteiger partial charge is 0.359 e. The third kappa shape index (κ3) is 9.70. The highest BCUT2D eigenvalue weighted by molar-refractivity contribution is 6.76. The summed E-state index contributed by atoms with van der Waals surface area (Å²) in [6.45, 7) is -0.0462. The number of hydrogen-bond acceptors (Lipinski definition) is 8. The molecule has 0 bridgehead atoms. The van der Waals surface area contributed by atoms with Gasteiger partial charge in [0.2, 0.25) is 12.2 Å². The van der Waals surface area contributed by atoms with Crippen molar-refractivity contribution >= 4 is 81.5 Å². The molecule has 16 heteroatoms. The van der Waals surface area contributed by atoms with E-state index in [0.29, 0.717) is 0 Å². The molecule has 0 saturated carbocycles. The Balaban J connectivity index is 1.96. The van der Waals surface area contributed by atoms with E-state index in [2.05, 4.69) is 10.0 Å². The van der Waals surface area contributed by atoms with E-state index in [-0.39, 0.29) is 19.8 Å². The first-order chi connectivity index (χ1) is 18.9. The molecule has 1 aliphatic rings. The minimum atomic E-state index is -2.45. The molecule has 0 aliphatic carbocycles. The predicted molar refractivity (Wildman–Crippen MR) is 152 cm³/mol. The Morgan fingerprint density at radius 3 is 2.00 bits per heavy atom. The third-order valence-corrected chi connectivity index (χ3v) is 6.42. The van der Waals surface area contributed by atoms with Gasteiger partial charge in [0, 0.05) is 4.91 Å². The van der Waals surface area contributed by atoms with Crippen LogP contribution in [0.15, 0.2) is 65.8 Å². The lowest BCUT2D eigenvalue weighted by atomic mass is 9.96. The van der Waals surface area contributed by atoms with Crippen LogP contribution in [0.3, 0.4) is 0 Å². The molecule has 0 amide bonds. The lowest BCUT2D eigenvalue weighted by Crippen LogP contribution is -2.61. The van der Waals surface area contributed by atoms with Crippen molar-refractivity contribution in [2.24, 2.45) is 5.11 Å². The van der Waals surface area contributed by atoms with Gasteiger partial charge in [-0.3, -0.25) is 5.41 Å². The Bertz CT molecular complexity index is 1180. The molecule has 3 rings (SSSR count). The molecule has 40 heavy (non-hydrogen) atoms. The quantitative estimate of drug-likeness (QED) is 0.0558. The molecule has 5 atom stereocenters. The van der Waals surface area contributed by atoms with Gasteiger partial charge in [0.15, 0.2) is 6.10 Å². The van der Waals surface area contributed by atoms with Crippen LogP contribution in [0, 0.1) is 5.41 Å². The van der Waals surface area contributed by atoms with Gasteiger partial charge >= 0.3 is 5.97 Å². The minimum Gasteiger partial charge on any atom is -0.454 e.